The summed E-state index contributed by atoms with van der Waals surface area (Å²) in [4.78, 5) is 33.2. The number of urea groups is 1. The molecule has 0 saturated carbocycles. The number of amides is 3. The van der Waals surface area contributed by atoms with Gasteiger partial charge in [0.1, 0.15) is 6.04 Å². The molecular weight excluding hydrogens is 266 g/mol. The molecule has 1 fully saturated rings. The molecule has 3 amide bonds. The quantitative estimate of drug-likeness (QED) is 0.498. The fraction of sp³-hybridized carbons (Fsp3) is 0.750. The lowest BCUT2D eigenvalue weighted by atomic mass is 10.0. The van der Waals surface area contributed by atoms with Crippen LogP contribution in [-0.2, 0) is 14.3 Å². The SMILES string of the molecule is CC1OCCC1CNC(=O)NC(CCC(N)=O)C(=O)O. The second-order valence-electron chi connectivity index (χ2n) is 4.87. The molecule has 8 nitrogen and oxygen atoms in total. The highest BCUT2D eigenvalue weighted by Gasteiger charge is 2.25. The number of nitrogens with one attached hydrogen (secondary N) is 2. The van der Waals surface area contributed by atoms with Crippen molar-refractivity contribution in [1.82, 2.24) is 10.6 Å². The minimum Gasteiger partial charge on any atom is -0.480 e. The molecule has 0 bridgehead atoms. The van der Waals surface area contributed by atoms with E-state index in [9.17, 15) is 14.4 Å². The molecule has 0 radical (unpaired) electrons. The van der Waals surface area contributed by atoms with E-state index in [1.54, 1.807) is 0 Å². The number of carbonyl (C=O) groups is 3. The third kappa shape index (κ3) is 5.43. The number of carboxylic acid groups (broad SMARTS) is 1. The van der Waals surface area contributed by atoms with Gasteiger partial charge in [0.2, 0.25) is 5.91 Å². The molecule has 0 aromatic carbocycles. The van der Waals surface area contributed by atoms with Gasteiger partial charge in [-0.15, -0.1) is 0 Å². The van der Waals surface area contributed by atoms with Gasteiger partial charge >= 0.3 is 12.0 Å². The van der Waals surface area contributed by atoms with Gasteiger partial charge in [0.25, 0.3) is 0 Å². The maximum Gasteiger partial charge on any atom is 0.326 e. The van der Waals surface area contributed by atoms with Gasteiger partial charge in [-0.05, 0) is 19.8 Å². The third-order valence-corrected chi connectivity index (χ3v) is 3.34. The number of hydrogen-bond donors (Lipinski definition) is 4. The van der Waals surface area contributed by atoms with Gasteiger partial charge in [-0.2, -0.15) is 0 Å². The van der Waals surface area contributed by atoms with E-state index < -0.39 is 23.9 Å². The molecular formula is C12H21N3O5. The largest absolute Gasteiger partial charge is 0.480 e. The molecule has 5 N–H and O–H groups in total. The highest BCUT2D eigenvalue weighted by molar-refractivity contribution is 5.83. The Morgan fingerprint density at radius 1 is 1.45 bits per heavy atom. The van der Waals surface area contributed by atoms with Crippen LogP contribution in [-0.4, -0.2) is 48.3 Å². The summed E-state index contributed by atoms with van der Waals surface area (Å²) in [6, 6.07) is -1.69. The molecule has 1 heterocycles. The molecule has 0 aliphatic carbocycles. The number of aliphatic carboxylic acids is 1. The van der Waals surface area contributed by atoms with Crippen molar-refractivity contribution in [3.05, 3.63) is 0 Å². The number of nitrogens with two attached hydrogens (primary N) is 1. The number of hydrogen-bond acceptors (Lipinski definition) is 4. The molecule has 0 spiro atoms. The zero-order valence-electron chi connectivity index (χ0n) is 11.4. The van der Waals surface area contributed by atoms with Crippen molar-refractivity contribution in [3.63, 3.8) is 0 Å². The Labute approximate surface area is 117 Å². The van der Waals surface area contributed by atoms with Crippen LogP contribution >= 0.6 is 0 Å². The van der Waals surface area contributed by atoms with Crippen LogP contribution in [0.25, 0.3) is 0 Å². The summed E-state index contributed by atoms with van der Waals surface area (Å²) in [5.74, 6) is -1.57. The number of primary amides is 1. The maximum absolute atomic E-state index is 11.6. The average molecular weight is 287 g/mol. The first-order valence-corrected chi connectivity index (χ1v) is 6.57. The first kappa shape index (κ1) is 16.2. The van der Waals surface area contributed by atoms with E-state index >= 15 is 0 Å². The molecule has 1 rings (SSSR count). The molecule has 20 heavy (non-hydrogen) atoms. The van der Waals surface area contributed by atoms with Gasteiger partial charge in [0, 0.05) is 25.5 Å². The monoisotopic (exact) mass is 287 g/mol. The molecule has 0 aromatic rings. The second-order valence-corrected chi connectivity index (χ2v) is 4.87. The first-order valence-electron chi connectivity index (χ1n) is 6.57. The van der Waals surface area contributed by atoms with Crippen molar-refractivity contribution in [3.8, 4) is 0 Å². The first-order chi connectivity index (χ1) is 9.40. The molecule has 1 saturated heterocycles. The Kier molecular flexibility index (Phi) is 6.23. The van der Waals surface area contributed by atoms with Crippen LogP contribution in [0.3, 0.4) is 0 Å². The molecule has 8 heteroatoms. The number of carbonyl (C=O) groups excluding carboxylic acids is 2. The lowest BCUT2D eigenvalue weighted by molar-refractivity contribution is -0.139. The highest BCUT2D eigenvalue weighted by atomic mass is 16.5. The van der Waals surface area contributed by atoms with Gasteiger partial charge < -0.3 is 26.2 Å². The van der Waals surface area contributed by atoms with Crippen LogP contribution in [0.4, 0.5) is 4.79 Å². The summed E-state index contributed by atoms with van der Waals surface area (Å²) >= 11 is 0. The fourth-order valence-electron chi connectivity index (χ4n) is 2.02. The standard InChI is InChI=1S/C12H21N3O5/c1-7-8(4-5-20-7)6-14-12(19)15-9(11(17)18)2-3-10(13)16/h7-9H,2-6H2,1H3,(H2,13,16)(H,17,18)(H2,14,15,19). The predicted octanol–water partition coefficient (Wildman–Crippen LogP) is -0.571. The minimum absolute atomic E-state index is 0.0268. The van der Waals surface area contributed by atoms with Crippen LogP contribution in [0.2, 0.25) is 0 Å². The van der Waals surface area contributed by atoms with E-state index in [0.29, 0.717) is 13.2 Å². The zero-order chi connectivity index (χ0) is 15.1. The summed E-state index contributed by atoms with van der Waals surface area (Å²) in [6.07, 6.45) is 0.831. The Hall–Kier alpha value is -1.83. The average Bonchev–Trinajstić information content (AvgIpc) is 2.77. The van der Waals surface area contributed by atoms with Gasteiger partial charge in [0.05, 0.1) is 6.10 Å². The number of carboxylic acids is 1. The van der Waals surface area contributed by atoms with Crippen molar-refractivity contribution in [1.29, 1.82) is 0 Å². The van der Waals surface area contributed by atoms with Crippen molar-refractivity contribution in [2.45, 2.75) is 38.3 Å². The lowest BCUT2D eigenvalue weighted by Crippen LogP contribution is -2.47. The number of ether oxygens (including phenoxy) is 1. The normalized spacial score (nSPS) is 23.1. The topological polar surface area (TPSA) is 131 Å². The summed E-state index contributed by atoms with van der Waals surface area (Å²) in [5.41, 5.74) is 4.95. The van der Waals surface area contributed by atoms with Crippen LogP contribution < -0.4 is 16.4 Å². The summed E-state index contributed by atoms with van der Waals surface area (Å²) < 4.78 is 5.36. The molecule has 0 aromatic heterocycles. The smallest absolute Gasteiger partial charge is 0.326 e. The van der Waals surface area contributed by atoms with Crippen LogP contribution in [0, 0.1) is 5.92 Å². The zero-order valence-corrected chi connectivity index (χ0v) is 11.4. The van der Waals surface area contributed by atoms with E-state index in [1.807, 2.05) is 6.92 Å². The second kappa shape index (κ2) is 7.68. The Morgan fingerprint density at radius 3 is 2.65 bits per heavy atom. The molecule has 1 aliphatic heterocycles. The molecule has 114 valence electrons. The maximum atomic E-state index is 11.6. The summed E-state index contributed by atoms with van der Waals surface area (Å²) in [6.45, 7) is 3.03. The third-order valence-electron chi connectivity index (χ3n) is 3.34. The lowest BCUT2D eigenvalue weighted by Gasteiger charge is -2.17. The van der Waals surface area contributed by atoms with E-state index in [0.717, 1.165) is 6.42 Å². The van der Waals surface area contributed by atoms with Gasteiger partial charge in [-0.3, -0.25) is 4.79 Å². The van der Waals surface area contributed by atoms with Crippen LogP contribution in [0.15, 0.2) is 0 Å². The molecule has 3 atom stereocenters. The van der Waals surface area contributed by atoms with Crippen molar-refractivity contribution in [2.75, 3.05) is 13.2 Å². The Bertz CT molecular complexity index is 374. The van der Waals surface area contributed by atoms with Crippen molar-refractivity contribution >= 4 is 17.9 Å². The fourth-order valence-corrected chi connectivity index (χ4v) is 2.02. The van der Waals surface area contributed by atoms with Crippen molar-refractivity contribution < 1.29 is 24.2 Å². The summed E-state index contributed by atoms with van der Waals surface area (Å²) in [5, 5.41) is 13.9. The van der Waals surface area contributed by atoms with Gasteiger partial charge in [-0.1, -0.05) is 0 Å². The van der Waals surface area contributed by atoms with Crippen LogP contribution in [0.1, 0.15) is 26.2 Å². The Balaban J connectivity index is 2.33. The highest BCUT2D eigenvalue weighted by Crippen LogP contribution is 2.19. The summed E-state index contributed by atoms with van der Waals surface area (Å²) in [7, 11) is 0. The number of rotatable bonds is 7. The van der Waals surface area contributed by atoms with E-state index in [4.69, 9.17) is 15.6 Å². The van der Waals surface area contributed by atoms with Crippen molar-refractivity contribution in [2.24, 2.45) is 11.7 Å². The van der Waals surface area contributed by atoms with E-state index in [2.05, 4.69) is 10.6 Å². The van der Waals surface area contributed by atoms with Gasteiger partial charge in [-0.25, -0.2) is 9.59 Å². The predicted molar refractivity (Wildman–Crippen MR) is 69.9 cm³/mol. The molecule has 3 unspecified atom stereocenters. The minimum atomic E-state index is -1.20. The molecule has 1 aliphatic rings. The van der Waals surface area contributed by atoms with E-state index in [1.165, 1.54) is 0 Å². The van der Waals surface area contributed by atoms with Gasteiger partial charge in [0.15, 0.2) is 0 Å². The van der Waals surface area contributed by atoms with E-state index in [-0.39, 0.29) is 24.9 Å². The van der Waals surface area contributed by atoms with Crippen LogP contribution in [0.5, 0.6) is 0 Å². The Morgan fingerprint density at radius 2 is 2.15 bits per heavy atom.